The maximum atomic E-state index is 12.3. The molecular formula is C23H38N2O4. The molecule has 0 saturated carbocycles. The van der Waals surface area contributed by atoms with E-state index in [1.807, 2.05) is 0 Å². The smallest absolute Gasteiger partial charge is 0.411 e. The molecule has 29 heavy (non-hydrogen) atoms. The van der Waals surface area contributed by atoms with Crippen LogP contribution in [0.25, 0.3) is 0 Å². The molecule has 0 radical (unpaired) electrons. The maximum Gasteiger partial charge on any atom is 0.411 e. The second-order valence-electron chi connectivity index (χ2n) is 7.51. The van der Waals surface area contributed by atoms with Crippen LogP contribution in [0.3, 0.4) is 0 Å². The number of hydrogen-bond donors (Lipinski definition) is 2. The Morgan fingerprint density at radius 2 is 1.52 bits per heavy atom. The monoisotopic (exact) mass is 406 g/mol. The molecule has 1 unspecified atom stereocenters. The van der Waals surface area contributed by atoms with Crippen LogP contribution >= 0.6 is 0 Å². The van der Waals surface area contributed by atoms with Crippen molar-refractivity contribution in [1.29, 1.82) is 0 Å². The van der Waals surface area contributed by atoms with Crippen LogP contribution in [0.2, 0.25) is 0 Å². The van der Waals surface area contributed by atoms with Gasteiger partial charge in [-0.1, -0.05) is 46.5 Å². The Morgan fingerprint density at radius 3 is 2.03 bits per heavy atom. The third kappa shape index (κ3) is 10.9. The first-order chi connectivity index (χ1) is 14.0. The number of carboxylic acids is 1. The quantitative estimate of drug-likeness (QED) is 0.386. The molecule has 0 bridgehead atoms. The lowest BCUT2D eigenvalue weighted by atomic mass is 10.1. The van der Waals surface area contributed by atoms with Gasteiger partial charge in [-0.25, -0.2) is 9.59 Å². The number of aromatic carboxylic acids is 1. The highest BCUT2D eigenvalue weighted by molar-refractivity contribution is 5.89. The topological polar surface area (TPSA) is 78.9 Å². The van der Waals surface area contributed by atoms with Gasteiger partial charge in [0.25, 0.3) is 0 Å². The average Bonchev–Trinajstić information content (AvgIpc) is 2.71. The summed E-state index contributed by atoms with van der Waals surface area (Å²) >= 11 is 0. The van der Waals surface area contributed by atoms with Gasteiger partial charge in [-0.2, -0.15) is 0 Å². The van der Waals surface area contributed by atoms with Crippen molar-refractivity contribution in [1.82, 2.24) is 4.90 Å². The lowest BCUT2D eigenvalue weighted by molar-refractivity contribution is 0.0696. The number of benzene rings is 1. The van der Waals surface area contributed by atoms with E-state index in [0.29, 0.717) is 5.69 Å². The summed E-state index contributed by atoms with van der Waals surface area (Å²) in [5.41, 5.74) is 0.714. The van der Waals surface area contributed by atoms with Crippen molar-refractivity contribution >= 4 is 17.7 Å². The summed E-state index contributed by atoms with van der Waals surface area (Å²) in [4.78, 5) is 25.7. The highest BCUT2D eigenvalue weighted by atomic mass is 16.6. The van der Waals surface area contributed by atoms with Crippen molar-refractivity contribution in [3.63, 3.8) is 0 Å². The van der Waals surface area contributed by atoms with Gasteiger partial charge in [0, 0.05) is 12.2 Å². The van der Waals surface area contributed by atoms with Crippen LogP contribution in [0.1, 0.15) is 82.5 Å². The van der Waals surface area contributed by atoms with Crippen LogP contribution in [-0.4, -0.2) is 47.8 Å². The molecule has 0 aromatic heterocycles. The first-order valence-electron chi connectivity index (χ1n) is 11.0. The number of amides is 1. The van der Waals surface area contributed by atoms with Crippen molar-refractivity contribution in [3.8, 4) is 0 Å². The Labute approximate surface area is 175 Å². The zero-order valence-corrected chi connectivity index (χ0v) is 18.3. The Hall–Kier alpha value is -2.08. The van der Waals surface area contributed by atoms with Crippen molar-refractivity contribution in [3.05, 3.63) is 29.8 Å². The molecule has 0 heterocycles. The number of carbonyl (C=O) groups is 2. The van der Waals surface area contributed by atoms with E-state index in [1.54, 1.807) is 12.1 Å². The zero-order chi connectivity index (χ0) is 21.5. The van der Waals surface area contributed by atoms with Gasteiger partial charge in [-0.3, -0.25) is 5.32 Å². The lowest BCUT2D eigenvalue weighted by Gasteiger charge is -2.25. The SMILES string of the molecule is CCCCC(CCN(CCCC)CCCC)OC(=O)Nc1ccc(C(=O)O)cc1. The van der Waals surface area contributed by atoms with E-state index < -0.39 is 12.1 Å². The van der Waals surface area contributed by atoms with Crippen molar-refractivity contribution < 1.29 is 19.4 Å². The first-order valence-corrected chi connectivity index (χ1v) is 11.0. The van der Waals surface area contributed by atoms with Crippen molar-refractivity contribution in [2.45, 2.75) is 78.2 Å². The summed E-state index contributed by atoms with van der Waals surface area (Å²) in [5, 5.41) is 11.7. The normalized spacial score (nSPS) is 12.0. The molecule has 6 heteroatoms. The summed E-state index contributed by atoms with van der Waals surface area (Å²) < 4.78 is 5.70. The van der Waals surface area contributed by atoms with E-state index in [-0.39, 0.29) is 11.7 Å². The Morgan fingerprint density at radius 1 is 0.931 bits per heavy atom. The molecule has 1 amide bonds. The van der Waals surface area contributed by atoms with E-state index in [4.69, 9.17) is 9.84 Å². The number of unbranched alkanes of at least 4 members (excludes halogenated alkanes) is 3. The number of nitrogens with zero attached hydrogens (tertiary/aromatic N) is 1. The second-order valence-corrected chi connectivity index (χ2v) is 7.51. The molecule has 0 aliphatic carbocycles. The second kappa shape index (κ2) is 14.9. The van der Waals surface area contributed by atoms with Crippen molar-refractivity contribution in [2.75, 3.05) is 25.0 Å². The number of anilines is 1. The fourth-order valence-electron chi connectivity index (χ4n) is 3.11. The first kappa shape index (κ1) is 25.0. The number of carbonyl (C=O) groups excluding carboxylic acids is 1. The molecule has 0 aliphatic heterocycles. The number of carboxylic acid groups (broad SMARTS) is 1. The van der Waals surface area contributed by atoms with E-state index in [2.05, 4.69) is 31.0 Å². The number of nitrogens with one attached hydrogen (secondary N) is 1. The molecule has 1 aromatic rings. The Kier molecular flexibility index (Phi) is 12.8. The van der Waals surface area contributed by atoms with Gasteiger partial charge in [-0.15, -0.1) is 0 Å². The molecule has 1 aromatic carbocycles. The third-order valence-corrected chi connectivity index (χ3v) is 4.95. The predicted octanol–water partition coefficient (Wildman–Crippen LogP) is 5.78. The highest BCUT2D eigenvalue weighted by Crippen LogP contribution is 2.14. The molecule has 0 fully saturated rings. The molecule has 2 N–H and O–H groups in total. The molecular weight excluding hydrogens is 368 g/mol. The number of ether oxygens (including phenoxy) is 1. The van der Waals surface area contributed by atoms with Crippen LogP contribution in [0.4, 0.5) is 10.5 Å². The molecule has 164 valence electrons. The van der Waals surface area contributed by atoms with Gasteiger partial charge < -0.3 is 14.7 Å². The van der Waals surface area contributed by atoms with Gasteiger partial charge in [0.1, 0.15) is 6.10 Å². The summed E-state index contributed by atoms with van der Waals surface area (Å²) in [5.74, 6) is -0.991. The van der Waals surface area contributed by atoms with Crippen molar-refractivity contribution in [2.24, 2.45) is 0 Å². The van der Waals surface area contributed by atoms with Gasteiger partial charge in [0.15, 0.2) is 0 Å². The van der Waals surface area contributed by atoms with Crippen LogP contribution in [0.15, 0.2) is 24.3 Å². The largest absolute Gasteiger partial charge is 0.478 e. The van der Waals surface area contributed by atoms with Crippen LogP contribution in [0, 0.1) is 0 Å². The lowest BCUT2D eigenvalue weighted by Crippen LogP contribution is -2.31. The number of rotatable bonds is 15. The average molecular weight is 407 g/mol. The van der Waals surface area contributed by atoms with E-state index >= 15 is 0 Å². The van der Waals surface area contributed by atoms with E-state index in [9.17, 15) is 9.59 Å². The van der Waals surface area contributed by atoms with Gasteiger partial charge >= 0.3 is 12.1 Å². The summed E-state index contributed by atoms with van der Waals surface area (Å²) in [6.07, 6.45) is 7.93. The summed E-state index contributed by atoms with van der Waals surface area (Å²) in [6, 6.07) is 6.07. The summed E-state index contributed by atoms with van der Waals surface area (Å²) in [7, 11) is 0. The molecule has 1 atom stereocenters. The Bertz CT molecular complexity index is 581. The molecule has 0 spiro atoms. The molecule has 0 saturated heterocycles. The molecule has 0 aliphatic rings. The fraction of sp³-hybridized carbons (Fsp3) is 0.652. The highest BCUT2D eigenvalue weighted by Gasteiger charge is 2.16. The minimum atomic E-state index is -0.991. The summed E-state index contributed by atoms with van der Waals surface area (Å²) in [6.45, 7) is 9.68. The minimum Gasteiger partial charge on any atom is -0.478 e. The zero-order valence-electron chi connectivity index (χ0n) is 18.3. The van der Waals surface area contributed by atoms with Gasteiger partial charge in [0.2, 0.25) is 0 Å². The van der Waals surface area contributed by atoms with Crippen LogP contribution in [0.5, 0.6) is 0 Å². The number of hydrogen-bond acceptors (Lipinski definition) is 4. The molecule has 1 rings (SSSR count). The standard InChI is InChI=1S/C23H38N2O4/c1-4-7-10-21(15-18-25(16-8-5-2)17-9-6-3)29-23(28)24-20-13-11-19(12-14-20)22(26)27/h11-14,21H,4-10,15-18H2,1-3H3,(H,24,28)(H,26,27). The van der Waals surface area contributed by atoms with E-state index in [1.165, 1.54) is 37.8 Å². The maximum absolute atomic E-state index is 12.3. The van der Waals surface area contributed by atoms with Gasteiger partial charge in [-0.05, 0) is 63.0 Å². The van der Waals surface area contributed by atoms with Crippen LogP contribution in [-0.2, 0) is 4.74 Å². The Balaban J connectivity index is 2.58. The predicted molar refractivity (Wildman–Crippen MR) is 118 cm³/mol. The van der Waals surface area contributed by atoms with Crippen LogP contribution < -0.4 is 5.32 Å². The fourth-order valence-corrected chi connectivity index (χ4v) is 3.11. The van der Waals surface area contributed by atoms with Gasteiger partial charge in [0.05, 0.1) is 5.56 Å². The minimum absolute atomic E-state index is 0.112. The third-order valence-electron chi connectivity index (χ3n) is 4.95. The molecule has 6 nitrogen and oxygen atoms in total. The van der Waals surface area contributed by atoms with E-state index in [0.717, 1.165) is 45.3 Å².